The second kappa shape index (κ2) is 3.80. The van der Waals surface area contributed by atoms with E-state index in [0.717, 1.165) is 24.0 Å². The van der Waals surface area contributed by atoms with Gasteiger partial charge in [-0.05, 0) is 23.8 Å². The standard InChI is InChI=1S/C11H12O3/c1-13-7-10-5-9-4-8(6-12)2-3-11(9)14-10/h2-4,6,10H,5,7H2,1H3/t10-/m1/s1. The van der Waals surface area contributed by atoms with Crippen molar-refractivity contribution in [3.8, 4) is 5.75 Å². The van der Waals surface area contributed by atoms with Crippen molar-refractivity contribution in [2.24, 2.45) is 0 Å². The first kappa shape index (κ1) is 9.21. The quantitative estimate of drug-likeness (QED) is 0.680. The Hall–Kier alpha value is -1.35. The number of ether oxygens (including phenoxy) is 2. The van der Waals surface area contributed by atoms with Gasteiger partial charge < -0.3 is 9.47 Å². The van der Waals surface area contributed by atoms with E-state index in [0.29, 0.717) is 12.2 Å². The number of aldehydes is 1. The largest absolute Gasteiger partial charge is 0.487 e. The molecule has 1 aromatic rings. The summed E-state index contributed by atoms with van der Waals surface area (Å²) >= 11 is 0. The molecule has 1 heterocycles. The molecule has 0 radical (unpaired) electrons. The lowest BCUT2D eigenvalue weighted by atomic mass is 10.1. The number of carbonyl (C=O) groups excluding carboxylic acids is 1. The number of rotatable bonds is 3. The Morgan fingerprint density at radius 2 is 2.50 bits per heavy atom. The molecule has 2 rings (SSSR count). The maximum atomic E-state index is 10.5. The molecule has 0 saturated carbocycles. The van der Waals surface area contributed by atoms with Gasteiger partial charge in [0.2, 0.25) is 0 Å². The van der Waals surface area contributed by atoms with E-state index < -0.39 is 0 Å². The molecule has 1 atom stereocenters. The average molecular weight is 192 g/mol. The molecule has 0 N–H and O–H groups in total. The molecule has 0 fully saturated rings. The minimum Gasteiger partial charge on any atom is -0.487 e. The molecule has 1 aliphatic heterocycles. The summed E-state index contributed by atoms with van der Waals surface area (Å²) in [4.78, 5) is 10.5. The van der Waals surface area contributed by atoms with Crippen LogP contribution in [0.4, 0.5) is 0 Å². The molecule has 1 aromatic carbocycles. The maximum Gasteiger partial charge on any atom is 0.150 e. The molecule has 3 nitrogen and oxygen atoms in total. The van der Waals surface area contributed by atoms with Crippen LogP contribution >= 0.6 is 0 Å². The fraction of sp³-hybridized carbons (Fsp3) is 0.364. The fourth-order valence-electron chi connectivity index (χ4n) is 1.69. The topological polar surface area (TPSA) is 35.5 Å². The van der Waals surface area contributed by atoms with Crippen LogP contribution in [0.2, 0.25) is 0 Å². The van der Waals surface area contributed by atoms with E-state index in [1.807, 2.05) is 12.1 Å². The van der Waals surface area contributed by atoms with Crippen LogP contribution in [-0.4, -0.2) is 26.1 Å². The fourth-order valence-corrected chi connectivity index (χ4v) is 1.69. The third kappa shape index (κ3) is 1.63. The Kier molecular flexibility index (Phi) is 2.50. The van der Waals surface area contributed by atoms with E-state index >= 15 is 0 Å². The highest BCUT2D eigenvalue weighted by Crippen LogP contribution is 2.29. The number of methoxy groups -OCH3 is 1. The van der Waals surface area contributed by atoms with E-state index in [-0.39, 0.29) is 6.10 Å². The normalized spacial score (nSPS) is 18.8. The predicted octanol–water partition coefficient (Wildman–Crippen LogP) is 1.45. The third-order valence-corrected chi connectivity index (χ3v) is 2.31. The zero-order valence-electron chi connectivity index (χ0n) is 8.03. The summed E-state index contributed by atoms with van der Waals surface area (Å²) in [7, 11) is 1.66. The van der Waals surface area contributed by atoms with Crippen molar-refractivity contribution in [1.82, 2.24) is 0 Å². The van der Waals surface area contributed by atoms with Crippen LogP contribution in [0.1, 0.15) is 15.9 Å². The molecule has 0 amide bonds. The molecule has 0 saturated heterocycles. The van der Waals surface area contributed by atoms with Gasteiger partial charge in [-0.3, -0.25) is 4.79 Å². The number of carbonyl (C=O) groups is 1. The second-order valence-corrected chi connectivity index (χ2v) is 3.38. The Morgan fingerprint density at radius 1 is 1.64 bits per heavy atom. The molecule has 0 unspecified atom stereocenters. The van der Waals surface area contributed by atoms with E-state index in [2.05, 4.69) is 0 Å². The van der Waals surface area contributed by atoms with Crippen LogP contribution in [-0.2, 0) is 11.2 Å². The molecule has 0 aliphatic carbocycles. The summed E-state index contributed by atoms with van der Waals surface area (Å²) in [5.74, 6) is 0.873. The van der Waals surface area contributed by atoms with Crippen molar-refractivity contribution in [2.45, 2.75) is 12.5 Å². The highest BCUT2D eigenvalue weighted by Gasteiger charge is 2.22. The van der Waals surface area contributed by atoms with Crippen molar-refractivity contribution < 1.29 is 14.3 Å². The molecule has 0 aromatic heterocycles. The van der Waals surface area contributed by atoms with Gasteiger partial charge in [0.15, 0.2) is 0 Å². The number of fused-ring (bicyclic) bond motifs is 1. The molecule has 74 valence electrons. The molecule has 14 heavy (non-hydrogen) atoms. The van der Waals surface area contributed by atoms with Crippen LogP contribution in [0.25, 0.3) is 0 Å². The lowest BCUT2D eigenvalue weighted by molar-refractivity contribution is 0.0951. The first-order chi connectivity index (χ1) is 6.83. The van der Waals surface area contributed by atoms with Crippen molar-refractivity contribution >= 4 is 6.29 Å². The Bertz CT molecular complexity index is 346. The van der Waals surface area contributed by atoms with Gasteiger partial charge in [0, 0.05) is 19.1 Å². The highest BCUT2D eigenvalue weighted by atomic mass is 16.5. The van der Waals surface area contributed by atoms with Crippen LogP contribution in [0, 0.1) is 0 Å². The summed E-state index contributed by atoms with van der Waals surface area (Å²) < 4.78 is 10.6. The van der Waals surface area contributed by atoms with E-state index in [1.165, 1.54) is 0 Å². The molecular formula is C11H12O3. The van der Waals surface area contributed by atoms with Gasteiger partial charge in [-0.2, -0.15) is 0 Å². The van der Waals surface area contributed by atoms with Crippen LogP contribution in [0.15, 0.2) is 18.2 Å². The lowest BCUT2D eigenvalue weighted by Gasteiger charge is -2.07. The van der Waals surface area contributed by atoms with Crippen LogP contribution in [0.3, 0.4) is 0 Å². The Morgan fingerprint density at radius 3 is 3.21 bits per heavy atom. The number of hydrogen-bond donors (Lipinski definition) is 0. The van der Waals surface area contributed by atoms with Crippen LogP contribution in [0.5, 0.6) is 5.75 Å². The molecular weight excluding hydrogens is 180 g/mol. The molecule has 0 bridgehead atoms. The SMILES string of the molecule is COC[C@H]1Cc2cc(C=O)ccc2O1. The summed E-state index contributed by atoms with van der Waals surface area (Å²) in [6, 6.07) is 5.48. The molecule has 0 spiro atoms. The Balaban J connectivity index is 2.18. The smallest absolute Gasteiger partial charge is 0.150 e. The summed E-state index contributed by atoms with van der Waals surface area (Å²) in [5, 5.41) is 0. The maximum absolute atomic E-state index is 10.5. The first-order valence-corrected chi connectivity index (χ1v) is 4.57. The van der Waals surface area contributed by atoms with Crippen LogP contribution < -0.4 is 4.74 Å². The number of benzene rings is 1. The van der Waals surface area contributed by atoms with Gasteiger partial charge in [0.05, 0.1) is 6.61 Å². The minimum atomic E-state index is 0.0944. The zero-order valence-corrected chi connectivity index (χ0v) is 8.03. The van der Waals surface area contributed by atoms with Crippen molar-refractivity contribution in [2.75, 3.05) is 13.7 Å². The minimum absolute atomic E-state index is 0.0944. The van der Waals surface area contributed by atoms with Gasteiger partial charge >= 0.3 is 0 Å². The van der Waals surface area contributed by atoms with Crippen molar-refractivity contribution in [3.05, 3.63) is 29.3 Å². The van der Waals surface area contributed by atoms with Gasteiger partial charge in [0.25, 0.3) is 0 Å². The first-order valence-electron chi connectivity index (χ1n) is 4.57. The molecule has 3 heteroatoms. The zero-order chi connectivity index (χ0) is 9.97. The highest BCUT2D eigenvalue weighted by molar-refractivity contribution is 5.75. The van der Waals surface area contributed by atoms with Gasteiger partial charge in [0.1, 0.15) is 18.1 Å². The van der Waals surface area contributed by atoms with Crippen molar-refractivity contribution in [3.63, 3.8) is 0 Å². The third-order valence-electron chi connectivity index (χ3n) is 2.31. The summed E-state index contributed by atoms with van der Waals surface area (Å²) in [5.41, 5.74) is 1.79. The summed E-state index contributed by atoms with van der Waals surface area (Å²) in [6.45, 7) is 0.588. The van der Waals surface area contributed by atoms with Gasteiger partial charge in [-0.15, -0.1) is 0 Å². The molecule has 1 aliphatic rings. The Labute approximate surface area is 82.6 Å². The predicted molar refractivity (Wildman–Crippen MR) is 51.8 cm³/mol. The van der Waals surface area contributed by atoms with E-state index in [4.69, 9.17) is 9.47 Å². The van der Waals surface area contributed by atoms with E-state index in [9.17, 15) is 4.79 Å². The number of hydrogen-bond acceptors (Lipinski definition) is 3. The monoisotopic (exact) mass is 192 g/mol. The van der Waals surface area contributed by atoms with E-state index in [1.54, 1.807) is 13.2 Å². The average Bonchev–Trinajstić information content (AvgIpc) is 2.59. The summed E-state index contributed by atoms with van der Waals surface area (Å²) in [6.07, 6.45) is 1.77. The lowest BCUT2D eigenvalue weighted by Crippen LogP contribution is -2.19. The van der Waals surface area contributed by atoms with Crippen molar-refractivity contribution in [1.29, 1.82) is 0 Å². The van der Waals surface area contributed by atoms with Gasteiger partial charge in [-0.25, -0.2) is 0 Å². The van der Waals surface area contributed by atoms with Gasteiger partial charge in [-0.1, -0.05) is 0 Å². The second-order valence-electron chi connectivity index (χ2n) is 3.38.